The van der Waals surface area contributed by atoms with E-state index in [0.717, 1.165) is 17.2 Å². The van der Waals surface area contributed by atoms with Crippen LogP contribution in [-0.2, 0) is 0 Å². The van der Waals surface area contributed by atoms with Gasteiger partial charge >= 0.3 is 0 Å². The Balaban J connectivity index is 2.34. The van der Waals surface area contributed by atoms with Crippen LogP contribution in [0.3, 0.4) is 0 Å². The molecular weight excluding hydrogens is 178 g/mol. The lowest BCUT2D eigenvalue weighted by molar-refractivity contribution is 1.02. The minimum absolute atomic E-state index is 0.720. The zero-order valence-corrected chi connectivity index (χ0v) is 7.68. The number of hydrogen-bond donors (Lipinski definition) is 1. The van der Waals surface area contributed by atoms with Gasteiger partial charge in [0.15, 0.2) is 0 Å². The van der Waals surface area contributed by atoms with Gasteiger partial charge in [-0.25, -0.2) is 0 Å². The smallest absolute Gasteiger partial charge is 0.148 e. The summed E-state index contributed by atoms with van der Waals surface area (Å²) in [4.78, 5) is 8.08. The van der Waals surface area contributed by atoms with E-state index in [9.17, 15) is 0 Å². The minimum atomic E-state index is 0.720. The Labute approximate surface area is 81.3 Å². The number of anilines is 1. The molecule has 2 rings (SSSR count). The second-order valence-corrected chi connectivity index (χ2v) is 2.64. The van der Waals surface area contributed by atoms with Gasteiger partial charge in [-0.15, -0.1) is 10.2 Å². The molecule has 0 aliphatic rings. The van der Waals surface area contributed by atoms with Crippen molar-refractivity contribution in [3.8, 4) is 11.4 Å². The molecule has 0 aliphatic carbocycles. The van der Waals surface area contributed by atoms with Crippen LogP contribution >= 0.6 is 0 Å². The molecule has 70 valence electrons. The lowest BCUT2D eigenvalue weighted by atomic mass is 10.3. The Kier molecular flexibility index (Phi) is 2.31. The molecule has 0 radical (unpaired) electrons. The van der Waals surface area contributed by atoms with Gasteiger partial charge in [0, 0.05) is 19.4 Å². The molecule has 5 nitrogen and oxygen atoms in total. The predicted octanol–water partition coefficient (Wildman–Crippen LogP) is 0.975. The highest BCUT2D eigenvalue weighted by atomic mass is 15.2. The summed E-state index contributed by atoms with van der Waals surface area (Å²) >= 11 is 0. The summed E-state index contributed by atoms with van der Waals surface area (Å²) in [6.07, 6.45) is 4.91. The van der Waals surface area contributed by atoms with Crippen molar-refractivity contribution in [3.05, 3.63) is 30.7 Å². The van der Waals surface area contributed by atoms with Crippen LogP contribution in [0.4, 0.5) is 5.82 Å². The van der Waals surface area contributed by atoms with Gasteiger partial charge in [-0.3, -0.25) is 9.97 Å². The predicted molar refractivity (Wildman–Crippen MR) is 52.6 cm³/mol. The summed E-state index contributed by atoms with van der Waals surface area (Å²) in [5.41, 5.74) is 1.44. The van der Waals surface area contributed by atoms with E-state index in [1.54, 1.807) is 25.6 Å². The Morgan fingerprint density at radius 3 is 2.57 bits per heavy atom. The molecule has 14 heavy (non-hydrogen) atoms. The molecule has 0 saturated carbocycles. The molecule has 0 spiro atoms. The third kappa shape index (κ3) is 1.66. The van der Waals surface area contributed by atoms with E-state index >= 15 is 0 Å². The van der Waals surface area contributed by atoms with Gasteiger partial charge in [-0.2, -0.15) is 0 Å². The Hall–Kier alpha value is -2.04. The molecular formula is C9H9N5. The maximum absolute atomic E-state index is 4.12. The van der Waals surface area contributed by atoms with Crippen LogP contribution in [0.2, 0.25) is 0 Å². The third-order valence-corrected chi connectivity index (χ3v) is 1.75. The van der Waals surface area contributed by atoms with E-state index in [-0.39, 0.29) is 0 Å². The molecule has 1 N–H and O–H groups in total. The number of aromatic nitrogens is 4. The Bertz CT molecular complexity index is 397. The molecule has 0 unspecified atom stereocenters. The van der Waals surface area contributed by atoms with Crippen LogP contribution in [-0.4, -0.2) is 27.2 Å². The third-order valence-electron chi connectivity index (χ3n) is 1.75. The maximum atomic E-state index is 4.12. The van der Waals surface area contributed by atoms with Gasteiger partial charge in [0.2, 0.25) is 0 Å². The molecule has 0 aromatic carbocycles. The molecule has 0 atom stereocenters. The summed E-state index contributed by atoms with van der Waals surface area (Å²) in [6.45, 7) is 0. The number of rotatable bonds is 2. The van der Waals surface area contributed by atoms with Crippen LogP contribution in [0, 0.1) is 0 Å². The molecule has 2 aromatic rings. The maximum Gasteiger partial charge on any atom is 0.148 e. The van der Waals surface area contributed by atoms with Crippen molar-refractivity contribution in [2.45, 2.75) is 0 Å². The summed E-state index contributed by atoms with van der Waals surface area (Å²) in [6, 6.07) is 3.69. The van der Waals surface area contributed by atoms with Crippen molar-refractivity contribution in [2.75, 3.05) is 12.4 Å². The van der Waals surface area contributed by atoms with Crippen molar-refractivity contribution in [3.63, 3.8) is 0 Å². The molecule has 0 amide bonds. The van der Waals surface area contributed by atoms with E-state index in [2.05, 4.69) is 25.5 Å². The highest BCUT2D eigenvalue weighted by molar-refractivity contribution is 5.53. The van der Waals surface area contributed by atoms with E-state index in [1.807, 2.05) is 12.1 Å². The molecule has 0 fully saturated rings. The Morgan fingerprint density at radius 2 is 2.00 bits per heavy atom. The number of nitrogens with zero attached hydrogens (tertiary/aromatic N) is 4. The molecule has 0 saturated heterocycles. The van der Waals surface area contributed by atoms with Crippen molar-refractivity contribution in [1.29, 1.82) is 0 Å². The second-order valence-electron chi connectivity index (χ2n) is 2.64. The topological polar surface area (TPSA) is 63.6 Å². The summed E-state index contributed by atoms with van der Waals surface area (Å²) in [5, 5.41) is 10.8. The zero-order valence-electron chi connectivity index (χ0n) is 7.68. The van der Waals surface area contributed by atoms with Crippen LogP contribution in [0.1, 0.15) is 0 Å². The van der Waals surface area contributed by atoms with Gasteiger partial charge in [0.1, 0.15) is 17.2 Å². The van der Waals surface area contributed by atoms with Crippen LogP contribution in [0.15, 0.2) is 30.7 Å². The summed E-state index contributed by atoms with van der Waals surface area (Å²) < 4.78 is 0. The summed E-state index contributed by atoms with van der Waals surface area (Å²) in [7, 11) is 1.80. The number of nitrogens with one attached hydrogen (secondary N) is 1. The SMILES string of the molecule is CNc1ccc(-c2cnccn2)nn1. The fourth-order valence-corrected chi connectivity index (χ4v) is 1.03. The van der Waals surface area contributed by atoms with Gasteiger partial charge in [-0.1, -0.05) is 0 Å². The molecule has 0 aliphatic heterocycles. The van der Waals surface area contributed by atoms with Gasteiger partial charge < -0.3 is 5.32 Å². The quantitative estimate of drug-likeness (QED) is 0.759. The normalized spacial score (nSPS) is 9.79. The first-order valence-electron chi connectivity index (χ1n) is 4.18. The fourth-order valence-electron chi connectivity index (χ4n) is 1.03. The highest BCUT2D eigenvalue weighted by Gasteiger charge is 2.00. The Morgan fingerprint density at radius 1 is 1.07 bits per heavy atom. The first-order chi connectivity index (χ1) is 6.90. The monoisotopic (exact) mass is 187 g/mol. The second kappa shape index (κ2) is 3.78. The standard InChI is InChI=1S/C9H9N5/c1-10-9-3-2-7(13-14-9)8-6-11-4-5-12-8/h2-6H,1H3,(H,10,14). The van der Waals surface area contributed by atoms with Crippen molar-refractivity contribution in [1.82, 2.24) is 20.2 Å². The molecule has 2 aromatic heterocycles. The van der Waals surface area contributed by atoms with Crippen molar-refractivity contribution >= 4 is 5.82 Å². The van der Waals surface area contributed by atoms with Gasteiger partial charge in [-0.05, 0) is 12.1 Å². The fraction of sp³-hybridized carbons (Fsp3) is 0.111. The average molecular weight is 187 g/mol. The van der Waals surface area contributed by atoms with Crippen molar-refractivity contribution in [2.24, 2.45) is 0 Å². The van der Waals surface area contributed by atoms with Gasteiger partial charge in [0.05, 0.1) is 6.20 Å². The van der Waals surface area contributed by atoms with E-state index in [4.69, 9.17) is 0 Å². The lowest BCUT2D eigenvalue weighted by Gasteiger charge is -1.99. The van der Waals surface area contributed by atoms with Crippen LogP contribution < -0.4 is 5.32 Å². The van der Waals surface area contributed by atoms with Crippen molar-refractivity contribution < 1.29 is 0 Å². The minimum Gasteiger partial charge on any atom is -0.372 e. The molecule has 2 heterocycles. The zero-order chi connectivity index (χ0) is 9.80. The lowest BCUT2D eigenvalue weighted by Crippen LogP contribution is -1.96. The number of hydrogen-bond acceptors (Lipinski definition) is 5. The van der Waals surface area contributed by atoms with Crippen LogP contribution in [0.25, 0.3) is 11.4 Å². The first kappa shape index (κ1) is 8.55. The molecule has 0 bridgehead atoms. The molecule has 5 heteroatoms. The largest absolute Gasteiger partial charge is 0.372 e. The van der Waals surface area contributed by atoms with Crippen LogP contribution in [0.5, 0.6) is 0 Å². The summed E-state index contributed by atoms with van der Waals surface area (Å²) in [5.74, 6) is 0.734. The van der Waals surface area contributed by atoms with E-state index < -0.39 is 0 Å². The first-order valence-corrected chi connectivity index (χ1v) is 4.18. The van der Waals surface area contributed by atoms with Gasteiger partial charge in [0.25, 0.3) is 0 Å². The van der Waals surface area contributed by atoms with E-state index in [0.29, 0.717) is 0 Å². The van der Waals surface area contributed by atoms with E-state index in [1.165, 1.54) is 0 Å². The average Bonchev–Trinajstić information content (AvgIpc) is 2.30. The highest BCUT2D eigenvalue weighted by Crippen LogP contribution is 2.11.